The first kappa shape index (κ1) is 11.5. The van der Waals surface area contributed by atoms with Gasteiger partial charge in [0.15, 0.2) is 6.61 Å². The molecule has 5 nitrogen and oxygen atoms in total. The molecule has 1 heterocycles. The lowest BCUT2D eigenvalue weighted by molar-refractivity contribution is -0.142. The number of hydrogen-bond donors (Lipinski definition) is 1. The van der Waals surface area contributed by atoms with Gasteiger partial charge in [-0.2, -0.15) is 0 Å². The van der Waals surface area contributed by atoms with Crippen molar-refractivity contribution in [3.8, 4) is 5.75 Å². The Bertz CT molecular complexity index is 351. The summed E-state index contributed by atoms with van der Waals surface area (Å²) in [5.74, 6) is -0.0760. The number of rotatable bonds is 4. The highest BCUT2D eigenvalue weighted by Gasteiger charge is 2.07. The molecule has 0 saturated carbocycles. The number of aliphatic hydroxyl groups excluding tert-OH is 1. The summed E-state index contributed by atoms with van der Waals surface area (Å²) in [7, 11) is 1.28. The van der Waals surface area contributed by atoms with Crippen LogP contribution in [0.5, 0.6) is 5.75 Å². The molecule has 0 aliphatic heterocycles. The second-order valence-corrected chi connectivity index (χ2v) is 2.92. The van der Waals surface area contributed by atoms with Crippen LogP contribution in [0.1, 0.15) is 11.4 Å². The zero-order valence-electron chi connectivity index (χ0n) is 8.69. The van der Waals surface area contributed by atoms with Gasteiger partial charge in [-0.25, -0.2) is 4.79 Å². The number of esters is 1. The molecule has 0 spiro atoms. The van der Waals surface area contributed by atoms with Crippen molar-refractivity contribution in [2.45, 2.75) is 13.5 Å². The Morgan fingerprint density at radius 2 is 2.27 bits per heavy atom. The fraction of sp³-hybridized carbons (Fsp3) is 0.400. The molecule has 0 unspecified atom stereocenters. The van der Waals surface area contributed by atoms with Gasteiger partial charge in [0.2, 0.25) is 0 Å². The van der Waals surface area contributed by atoms with Gasteiger partial charge < -0.3 is 14.6 Å². The van der Waals surface area contributed by atoms with E-state index >= 15 is 0 Å². The van der Waals surface area contributed by atoms with Crippen LogP contribution in [-0.4, -0.2) is 29.8 Å². The van der Waals surface area contributed by atoms with Gasteiger partial charge in [-0.3, -0.25) is 4.98 Å². The molecule has 0 radical (unpaired) electrons. The van der Waals surface area contributed by atoms with Crippen molar-refractivity contribution in [3.05, 3.63) is 23.5 Å². The fourth-order valence-corrected chi connectivity index (χ4v) is 1.04. The lowest BCUT2D eigenvalue weighted by atomic mass is 10.3. The van der Waals surface area contributed by atoms with E-state index in [1.807, 2.05) is 6.92 Å². The maximum absolute atomic E-state index is 10.8. The third-order valence-corrected chi connectivity index (χ3v) is 1.79. The Labute approximate surface area is 87.7 Å². The largest absolute Gasteiger partial charge is 0.480 e. The first-order valence-electron chi connectivity index (χ1n) is 4.44. The number of ether oxygens (including phenoxy) is 2. The van der Waals surface area contributed by atoms with E-state index in [1.54, 1.807) is 12.1 Å². The molecule has 1 aromatic heterocycles. The normalized spacial score (nSPS) is 9.80. The SMILES string of the molecule is COC(=O)COc1ccc(C)nc1CO. The average molecular weight is 211 g/mol. The molecule has 5 heteroatoms. The van der Waals surface area contributed by atoms with Gasteiger partial charge in [-0.05, 0) is 19.1 Å². The van der Waals surface area contributed by atoms with Gasteiger partial charge in [0.25, 0.3) is 0 Å². The van der Waals surface area contributed by atoms with Crippen LogP contribution in [0.25, 0.3) is 0 Å². The van der Waals surface area contributed by atoms with E-state index in [2.05, 4.69) is 9.72 Å². The molecule has 0 bridgehead atoms. The van der Waals surface area contributed by atoms with Crippen molar-refractivity contribution in [3.63, 3.8) is 0 Å². The number of nitrogens with zero attached hydrogens (tertiary/aromatic N) is 1. The topological polar surface area (TPSA) is 68.7 Å². The van der Waals surface area contributed by atoms with Crippen LogP contribution in [0, 0.1) is 6.92 Å². The van der Waals surface area contributed by atoms with Crippen LogP contribution in [0.2, 0.25) is 0 Å². The van der Waals surface area contributed by atoms with Crippen molar-refractivity contribution in [2.75, 3.05) is 13.7 Å². The molecule has 0 aromatic carbocycles. The van der Waals surface area contributed by atoms with E-state index in [0.29, 0.717) is 11.4 Å². The summed E-state index contributed by atoms with van der Waals surface area (Å²) in [6.45, 7) is 1.40. The molecule has 0 fully saturated rings. The zero-order chi connectivity index (χ0) is 11.3. The molecule has 0 aliphatic carbocycles. The van der Waals surface area contributed by atoms with Crippen LogP contribution >= 0.6 is 0 Å². The van der Waals surface area contributed by atoms with Gasteiger partial charge in [-0.1, -0.05) is 0 Å². The summed E-state index contributed by atoms with van der Waals surface area (Å²) >= 11 is 0. The zero-order valence-corrected chi connectivity index (χ0v) is 8.69. The van der Waals surface area contributed by atoms with E-state index in [4.69, 9.17) is 9.84 Å². The van der Waals surface area contributed by atoms with Crippen LogP contribution in [0.15, 0.2) is 12.1 Å². The Hall–Kier alpha value is -1.62. The Morgan fingerprint density at radius 3 is 2.87 bits per heavy atom. The molecule has 0 saturated heterocycles. The number of pyridine rings is 1. The second-order valence-electron chi connectivity index (χ2n) is 2.92. The highest BCUT2D eigenvalue weighted by molar-refractivity contribution is 5.70. The van der Waals surface area contributed by atoms with E-state index in [0.717, 1.165) is 5.69 Å². The molecule has 0 amide bonds. The van der Waals surface area contributed by atoms with E-state index in [-0.39, 0.29) is 13.2 Å². The highest BCUT2D eigenvalue weighted by atomic mass is 16.6. The molecule has 1 rings (SSSR count). The number of carbonyl (C=O) groups excluding carboxylic acids is 1. The Balaban J connectivity index is 2.72. The van der Waals surface area contributed by atoms with Crippen molar-refractivity contribution < 1.29 is 19.4 Å². The van der Waals surface area contributed by atoms with Gasteiger partial charge >= 0.3 is 5.97 Å². The summed E-state index contributed by atoms with van der Waals surface area (Å²) in [4.78, 5) is 14.9. The highest BCUT2D eigenvalue weighted by Crippen LogP contribution is 2.16. The first-order valence-corrected chi connectivity index (χ1v) is 4.44. The molecule has 0 aliphatic rings. The van der Waals surface area contributed by atoms with Crippen molar-refractivity contribution in [2.24, 2.45) is 0 Å². The summed E-state index contributed by atoms with van der Waals surface area (Å²) in [6.07, 6.45) is 0. The quantitative estimate of drug-likeness (QED) is 0.731. The molecule has 1 N–H and O–H groups in total. The summed E-state index contributed by atoms with van der Waals surface area (Å²) in [5, 5.41) is 9.01. The van der Waals surface area contributed by atoms with E-state index < -0.39 is 5.97 Å². The lowest BCUT2D eigenvalue weighted by Gasteiger charge is -2.08. The van der Waals surface area contributed by atoms with Crippen molar-refractivity contribution in [1.82, 2.24) is 4.98 Å². The molecule has 1 aromatic rings. The van der Waals surface area contributed by atoms with E-state index in [9.17, 15) is 4.79 Å². The number of aromatic nitrogens is 1. The van der Waals surface area contributed by atoms with Gasteiger partial charge in [0, 0.05) is 5.69 Å². The average Bonchev–Trinajstić information content (AvgIpc) is 2.26. The number of carbonyl (C=O) groups is 1. The number of hydrogen-bond acceptors (Lipinski definition) is 5. The molecule has 82 valence electrons. The minimum absolute atomic E-state index is 0.186. The van der Waals surface area contributed by atoms with Crippen LogP contribution in [-0.2, 0) is 16.1 Å². The first-order chi connectivity index (χ1) is 7.17. The molecule has 0 atom stereocenters. The predicted molar refractivity (Wildman–Crippen MR) is 52.4 cm³/mol. The smallest absolute Gasteiger partial charge is 0.343 e. The number of aliphatic hydroxyl groups is 1. The van der Waals surface area contributed by atoms with E-state index in [1.165, 1.54) is 7.11 Å². The Kier molecular flexibility index (Phi) is 4.05. The Morgan fingerprint density at radius 1 is 1.53 bits per heavy atom. The summed E-state index contributed by atoms with van der Waals surface area (Å²) in [5.41, 5.74) is 1.20. The molecular formula is C10H13NO4. The summed E-state index contributed by atoms with van der Waals surface area (Å²) < 4.78 is 9.56. The van der Waals surface area contributed by atoms with Crippen molar-refractivity contribution >= 4 is 5.97 Å². The minimum atomic E-state index is -0.473. The van der Waals surface area contributed by atoms with Gasteiger partial charge in [0.1, 0.15) is 11.4 Å². The third-order valence-electron chi connectivity index (χ3n) is 1.79. The maximum atomic E-state index is 10.8. The fourth-order valence-electron chi connectivity index (χ4n) is 1.04. The minimum Gasteiger partial charge on any atom is -0.480 e. The number of aryl methyl sites for hydroxylation is 1. The summed E-state index contributed by atoms with van der Waals surface area (Å²) in [6, 6.07) is 3.41. The van der Waals surface area contributed by atoms with Crippen LogP contribution in [0.3, 0.4) is 0 Å². The van der Waals surface area contributed by atoms with Crippen LogP contribution < -0.4 is 4.74 Å². The van der Waals surface area contributed by atoms with Crippen molar-refractivity contribution in [1.29, 1.82) is 0 Å². The lowest BCUT2D eigenvalue weighted by Crippen LogP contribution is -2.13. The maximum Gasteiger partial charge on any atom is 0.343 e. The molecular weight excluding hydrogens is 198 g/mol. The number of methoxy groups -OCH3 is 1. The monoisotopic (exact) mass is 211 g/mol. The van der Waals surface area contributed by atoms with Gasteiger partial charge in [0.05, 0.1) is 13.7 Å². The standard InChI is InChI=1S/C10H13NO4/c1-7-3-4-9(8(5-12)11-7)15-6-10(13)14-2/h3-4,12H,5-6H2,1-2H3. The second kappa shape index (κ2) is 5.31. The van der Waals surface area contributed by atoms with Crippen LogP contribution in [0.4, 0.5) is 0 Å². The molecule has 15 heavy (non-hydrogen) atoms. The predicted octanol–water partition coefficient (Wildman–Crippen LogP) is 0.434. The van der Waals surface area contributed by atoms with Gasteiger partial charge in [-0.15, -0.1) is 0 Å². The third kappa shape index (κ3) is 3.21.